The van der Waals surface area contributed by atoms with E-state index in [-0.39, 0.29) is 18.6 Å². The van der Waals surface area contributed by atoms with Gasteiger partial charge in [-0.05, 0) is 43.1 Å². The number of nitrogens with one attached hydrogen (secondary N) is 1. The highest BCUT2D eigenvalue weighted by Gasteiger charge is 2.25. The SMILES string of the molecule is O=C1Cc2cc(C(CO)N3CCCC3)ccc2N1. The molecule has 0 aromatic heterocycles. The van der Waals surface area contributed by atoms with Crippen LogP contribution in [0.1, 0.15) is 30.0 Å². The van der Waals surface area contributed by atoms with Gasteiger partial charge in [-0.3, -0.25) is 9.69 Å². The first kappa shape index (κ1) is 11.7. The first-order valence-corrected chi connectivity index (χ1v) is 6.55. The number of nitrogens with zero attached hydrogens (tertiary/aromatic N) is 1. The molecule has 2 N–H and O–H groups in total. The van der Waals surface area contributed by atoms with Crippen LogP contribution in [0.3, 0.4) is 0 Å². The zero-order valence-corrected chi connectivity index (χ0v) is 10.4. The number of rotatable bonds is 3. The van der Waals surface area contributed by atoms with Gasteiger partial charge < -0.3 is 10.4 Å². The summed E-state index contributed by atoms with van der Waals surface area (Å²) in [6.07, 6.45) is 2.88. The van der Waals surface area contributed by atoms with Crippen molar-refractivity contribution in [3.63, 3.8) is 0 Å². The van der Waals surface area contributed by atoms with Crippen LogP contribution >= 0.6 is 0 Å². The first-order chi connectivity index (χ1) is 8.78. The average molecular weight is 246 g/mol. The average Bonchev–Trinajstić information content (AvgIpc) is 2.97. The normalized spacial score (nSPS) is 20.8. The highest BCUT2D eigenvalue weighted by molar-refractivity contribution is 5.99. The molecule has 0 bridgehead atoms. The fraction of sp³-hybridized carbons (Fsp3) is 0.500. The van der Waals surface area contributed by atoms with Crippen molar-refractivity contribution in [1.82, 2.24) is 4.90 Å². The Kier molecular flexibility index (Phi) is 3.06. The molecule has 1 amide bonds. The summed E-state index contributed by atoms with van der Waals surface area (Å²) in [5.74, 6) is 0.0591. The van der Waals surface area contributed by atoms with Gasteiger partial charge in [0.1, 0.15) is 0 Å². The van der Waals surface area contributed by atoms with Crippen LogP contribution in [0.4, 0.5) is 5.69 Å². The monoisotopic (exact) mass is 246 g/mol. The molecule has 1 aromatic rings. The molecule has 4 nitrogen and oxygen atoms in total. The Morgan fingerprint density at radius 2 is 2.11 bits per heavy atom. The van der Waals surface area contributed by atoms with Gasteiger partial charge in [0.05, 0.1) is 19.1 Å². The van der Waals surface area contributed by atoms with Crippen LogP contribution in [0, 0.1) is 0 Å². The topological polar surface area (TPSA) is 52.6 Å². The van der Waals surface area contributed by atoms with Crippen molar-refractivity contribution in [2.45, 2.75) is 25.3 Å². The predicted octanol–water partition coefficient (Wildman–Crippen LogP) is 1.31. The minimum atomic E-state index is 0.0591. The summed E-state index contributed by atoms with van der Waals surface area (Å²) in [4.78, 5) is 13.7. The van der Waals surface area contributed by atoms with E-state index in [0.29, 0.717) is 6.42 Å². The van der Waals surface area contributed by atoms with Crippen LogP contribution in [0.25, 0.3) is 0 Å². The number of anilines is 1. The lowest BCUT2D eigenvalue weighted by Crippen LogP contribution is -2.28. The van der Waals surface area contributed by atoms with Gasteiger partial charge in [-0.15, -0.1) is 0 Å². The van der Waals surface area contributed by atoms with Crippen molar-refractivity contribution in [2.75, 3.05) is 25.0 Å². The largest absolute Gasteiger partial charge is 0.394 e. The van der Waals surface area contributed by atoms with Crippen molar-refractivity contribution < 1.29 is 9.90 Å². The molecule has 1 fully saturated rings. The molecule has 0 aliphatic carbocycles. The Morgan fingerprint density at radius 3 is 2.83 bits per heavy atom. The Hall–Kier alpha value is -1.39. The van der Waals surface area contributed by atoms with E-state index in [2.05, 4.69) is 16.3 Å². The standard InChI is InChI=1S/C14H18N2O2/c17-9-13(16-5-1-2-6-16)10-3-4-12-11(7-10)8-14(18)15-12/h3-4,7,13,17H,1-2,5-6,8-9H2,(H,15,18). The first-order valence-electron chi connectivity index (χ1n) is 6.55. The summed E-state index contributed by atoms with van der Waals surface area (Å²) in [6.45, 7) is 2.25. The van der Waals surface area contributed by atoms with E-state index in [0.717, 1.165) is 29.9 Å². The van der Waals surface area contributed by atoms with Crippen LogP contribution < -0.4 is 5.32 Å². The number of carbonyl (C=O) groups is 1. The number of amides is 1. The van der Waals surface area contributed by atoms with Crippen LogP contribution in [0.15, 0.2) is 18.2 Å². The van der Waals surface area contributed by atoms with Crippen LogP contribution in [0.2, 0.25) is 0 Å². The highest BCUT2D eigenvalue weighted by Crippen LogP contribution is 2.30. The summed E-state index contributed by atoms with van der Waals surface area (Å²) in [6, 6.07) is 6.11. The van der Waals surface area contributed by atoms with Crippen LogP contribution in [-0.4, -0.2) is 35.6 Å². The third-order valence-corrected chi connectivity index (χ3v) is 3.89. The lowest BCUT2D eigenvalue weighted by atomic mass is 10.0. The molecule has 4 heteroatoms. The zero-order chi connectivity index (χ0) is 12.5. The lowest BCUT2D eigenvalue weighted by molar-refractivity contribution is -0.115. The maximum Gasteiger partial charge on any atom is 0.228 e. The van der Waals surface area contributed by atoms with Crippen LogP contribution in [0.5, 0.6) is 0 Å². The van der Waals surface area contributed by atoms with E-state index in [4.69, 9.17) is 0 Å². The minimum absolute atomic E-state index is 0.0591. The Bertz CT molecular complexity index is 467. The molecule has 1 unspecified atom stereocenters. The summed E-state index contributed by atoms with van der Waals surface area (Å²) in [5, 5.41) is 12.5. The molecule has 96 valence electrons. The highest BCUT2D eigenvalue weighted by atomic mass is 16.3. The maximum absolute atomic E-state index is 11.3. The molecule has 2 heterocycles. The number of carbonyl (C=O) groups excluding carboxylic acids is 1. The predicted molar refractivity (Wildman–Crippen MR) is 69.4 cm³/mol. The smallest absolute Gasteiger partial charge is 0.228 e. The quantitative estimate of drug-likeness (QED) is 0.845. The molecular weight excluding hydrogens is 228 g/mol. The summed E-state index contributed by atoms with van der Waals surface area (Å²) in [7, 11) is 0. The van der Waals surface area contributed by atoms with Gasteiger partial charge >= 0.3 is 0 Å². The van der Waals surface area contributed by atoms with Gasteiger partial charge in [0.25, 0.3) is 0 Å². The number of benzene rings is 1. The molecule has 3 rings (SSSR count). The summed E-state index contributed by atoms with van der Waals surface area (Å²) in [5.41, 5.74) is 3.09. The van der Waals surface area contributed by atoms with Gasteiger partial charge in [0, 0.05) is 5.69 Å². The van der Waals surface area contributed by atoms with Gasteiger partial charge in [-0.25, -0.2) is 0 Å². The number of aliphatic hydroxyl groups excluding tert-OH is 1. The van der Waals surface area contributed by atoms with E-state index < -0.39 is 0 Å². The molecule has 0 spiro atoms. The van der Waals surface area contributed by atoms with E-state index in [1.807, 2.05) is 12.1 Å². The molecule has 1 saturated heterocycles. The second kappa shape index (κ2) is 4.71. The molecular formula is C14H18N2O2. The van der Waals surface area contributed by atoms with E-state index in [1.54, 1.807) is 0 Å². The van der Waals surface area contributed by atoms with Crippen molar-refractivity contribution in [3.05, 3.63) is 29.3 Å². The van der Waals surface area contributed by atoms with Gasteiger partial charge in [0.15, 0.2) is 0 Å². The van der Waals surface area contributed by atoms with Crippen molar-refractivity contribution >= 4 is 11.6 Å². The Morgan fingerprint density at radius 1 is 1.33 bits per heavy atom. The van der Waals surface area contributed by atoms with E-state index in [9.17, 15) is 9.90 Å². The number of likely N-dealkylation sites (tertiary alicyclic amines) is 1. The number of hydrogen-bond acceptors (Lipinski definition) is 3. The molecule has 1 aromatic carbocycles. The fourth-order valence-electron chi connectivity index (χ4n) is 2.94. The molecule has 0 saturated carbocycles. The molecule has 1 atom stereocenters. The lowest BCUT2D eigenvalue weighted by Gasteiger charge is -2.26. The maximum atomic E-state index is 11.3. The second-order valence-electron chi connectivity index (χ2n) is 5.08. The second-order valence-corrected chi connectivity index (χ2v) is 5.08. The van der Waals surface area contributed by atoms with E-state index in [1.165, 1.54) is 12.8 Å². The molecule has 0 radical (unpaired) electrons. The summed E-state index contributed by atoms with van der Waals surface area (Å²) < 4.78 is 0. The molecule has 2 aliphatic heterocycles. The minimum Gasteiger partial charge on any atom is -0.394 e. The number of aliphatic hydroxyl groups is 1. The molecule has 2 aliphatic rings. The Labute approximate surface area is 107 Å². The Balaban J connectivity index is 1.87. The van der Waals surface area contributed by atoms with Crippen molar-refractivity contribution in [1.29, 1.82) is 0 Å². The fourth-order valence-corrected chi connectivity index (χ4v) is 2.94. The number of hydrogen-bond donors (Lipinski definition) is 2. The van der Waals surface area contributed by atoms with Gasteiger partial charge in [0.2, 0.25) is 5.91 Å². The third-order valence-electron chi connectivity index (χ3n) is 3.89. The van der Waals surface area contributed by atoms with Gasteiger partial charge in [-0.2, -0.15) is 0 Å². The van der Waals surface area contributed by atoms with Crippen LogP contribution in [-0.2, 0) is 11.2 Å². The molecule has 18 heavy (non-hydrogen) atoms. The third kappa shape index (κ3) is 2.02. The zero-order valence-electron chi connectivity index (χ0n) is 10.4. The number of fused-ring (bicyclic) bond motifs is 1. The summed E-state index contributed by atoms with van der Waals surface area (Å²) >= 11 is 0. The van der Waals surface area contributed by atoms with Gasteiger partial charge in [-0.1, -0.05) is 12.1 Å². The van der Waals surface area contributed by atoms with Crippen molar-refractivity contribution in [2.24, 2.45) is 0 Å². The van der Waals surface area contributed by atoms with E-state index >= 15 is 0 Å². The van der Waals surface area contributed by atoms with Crippen molar-refractivity contribution in [3.8, 4) is 0 Å².